The molecule has 0 aromatic carbocycles. The second-order valence-electron chi connectivity index (χ2n) is 5.12. The fourth-order valence-corrected chi connectivity index (χ4v) is 2.95. The quantitative estimate of drug-likeness (QED) is 0.533. The summed E-state index contributed by atoms with van der Waals surface area (Å²) in [5.74, 6) is -0.101. The third-order valence-corrected chi connectivity index (χ3v) is 4.30. The Morgan fingerprint density at radius 3 is 2.76 bits per heavy atom. The SMILES string of the molecule is CCOC(=O)c1cn[nH]c1S(=O)(=O)NCCCCC(C)C. The Kier molecular flexibility index (Phi) is 6.83. The molecule has 0 saturated heterocycles. The van der Waals surface area contributed by atoms with Crippen molar-refractivity contribution in [2.45, 2.75) is 45.1 Å². The second kappa shape index (κ2) is 8.14. The van der Waals surface area contributed by atoms with E-state index < -0.39 is 16.0 Å². The van der Waals surface area contributed by atoms with Crippen molar-refractivity contribution in [1.82, 2.24) is 14.9 Å². The molecule has 0 fully saturated rings. The van der Waals surface area contributed by atoms with Gasteiger partial charge >= 0.3 is 5.97 Å². The largest absolute Gasteiger partial charge is 0.462 e. The molecular weight excluding hydrogens is 294 g/mol. The zero-order valence-electron chi connectivity index (χ0n) is 12.7. The molecule has 1 rings (SSSR count). The lowest BCUT2D eigenvalue weighted by atomic mass is 10.1. The molecule has 0 bridgehead atoms. The summed E-state index contributed by atoms with van der Waals surface area (Å²) in [6.45, 7) is 6.41. The standard InChI is InChI=1S/C13H23N3O4S/c1-4-20-13(17)11-9-14-16-12(11)21(18,19)15-8-6-5-7-10(2)3/h9-10,15H,4-8H2,1-3H3,(H,14,16). The summed E-state index contributed by atoms with van der Waals surface area (Å²) in [4.78, 5) is 11.7. The highest BCUT2D eigenvalue weighted by atomic mass is 32.2. The van der Waals surface area contributed by atoms with Crippen LogP contribution in [0.25, 0.3) is 0 Å². The third-order valence-electron chi connectivity index (χ3n) is 2.87. The first-order valence-corrected chi connectivity index (χ1v) is 8.57. The van der Waals surface area contributed by atoms with Crippen molar-refractivity contribution in [3.63, 3.8) is 0 Å². The average molecular weight is 317 g/mol. The van der Waals surface area contributed by atoms with Gasteiger partial charge in [-0.1, -0.05) is 26.7 Å². The van der Waals surface area contributed by atoms with Crippen LogP contribution in [-0.2, 0) is 14.8 Å². The molecule has 0 unspecified atom stereocenters. The molecular formula is C13H23N3O4S. The summed E-state index contributed by atoms with van der Waals surface area (Å²) in [5, 5.41) is 5.71. The van der Waals surface area contributed by atoms with Gasteiger partial charge in [-0.3, -0.25) is 5.10 Å². The molecule has 0 aliphatic heterocycles. The number of hydrogen-bond acceptors (Lipinski definition) is 5. The topological polar surface area (TPSA) is 101 Å². The molecule has 1 heterocycles. The summed E-state index contributed by atoms with van der Waals surface area (Å²) >= 11 is 0. The van der Waals surface area contributed by atoms with Crippen molar-refractivity contribution in [1.29, 1.82) is 0 Å². The molecule has 0 aliphatic rings. The highest BCUT2D eigenvalue weighted by Crippen LogP contribution is 2.13. The normalized spacial score (nSPS) is 11.8. The van der Waals surface area contributed by atoms with Crippen LogP contribution in [0.1, 0.15) is 50.4 Å². The van der Waals surface area contributed by atoms with E-state index in [1.54, 1.807) is 6.92 Å². The number of esters is 1. The molecule has 7 nitrogen and oxygen atoms in total. The maximum Gasteiger partial charge on any atom is 0.342 e. The second-order valence-corrected chi connectivity index (χ2v) is 6.82. The number of carbonyl (C=O) groups is 1. The van der Waals surface area contributed by atoms with Crippen molar-refractivity contribution in [2.24, 2.45) is 5.92 Å². The van der Waals surface area contributed by atoms with Gasteiger partial charge in [0.2, 0.25) is 0 Å². The number of H-pyrrole nitrogens is 1. The minimum Gasteiger partial charge on any atom is -0.462 e. The maximum absolute atomic E-state index is 12.1. The summed E-state index contributed by atoms with van der Waals surface area (Å²) in [7, 11) is -3.78. The molecule has 8 heteroatoms. The summed E-state index contributed by atoms with van der Waals surface area (Å²) in [6.07, 6.45) is 3.92. The molecule has 0 amide bonds. The molecule has 0 saturated carbocycles. The highest BCUT2D eigenvalue weighted by Gasteiger charge is 2.25. The Morgan fingerprint density at radius 1 is 1.43 bits per heavy atom. The fourth-order valence-electron chi connectivity index (χ4n) is 1.79. The van der Waals surface area contributed by atoms with E-state index in [0.717, 1.165) is 25.5 Å². The van der Waals surface area contributed by atoms with E-state index in [1.165, 1.54) is 0 Å². The maximum atomic E-state index is 12.1. The Hall–Kier alpha value is -1.41. The Morgan fingerprint density at radius 2 is 2.14 bits per heavy atom. The van der Waals surface area contributed by atoms with E-state index in [9.17, 15) is 13.2 Å². The summed E-state index contributed by atoms with van der Waals surface area (Å²) in [5.41, 5.74) is -0.0773. The predicted octanol–water partition coefficient (Wildman–Crippen LogP) is 1.69. The van der Waals surface area contributed by atoms with Gasteiger partial charge in [0.25, 0.3) is 10.0 Å². The zero-order valence-corrected chi connectivity index (χ0v) is 13.5. The number of ether oxygens (including phenoxy) is 1. The molecule has 2 N–H and O–H groups in total. The van der Waals surface area contributed by atoms with Crippen LogP contribution in [-0.4, -0.2) is 37.7 Å². The first-order valence-electron chi connectivity index (χ1n) is 7.08. The van der Waals surface area contributed by atoms with Gasteiger partial charge in [0, 0.05) is 6.54 Å². The van der Waals surface area contributed by atoms with Crippen LogP contribution in [0.15, 0.2) is 11.2 Å². The van der Waals surface area contributed by atoms with Gasteiger partial charge in [0.15, 0.2) is 5.03 Å². The number of aromatic nitrogens is 2. The van der Waals surface area contributed by atoms with Crippen LogP contribution in [0.2, 0.25) is 0 Å². The van der Waals surface area contributed by atoms with E-state index in [1.807, 2.05) is 0 Å². The number of carbonyl (C=O) groups excluding carboxylic acids is 1. The van der Waals surface area contributed by atoms with Gasteiger partial charge in [0.1, 0.15) is 5.56 Å². The van der Waals surface area contributed by atoms with Gasteiger partial charge in [-0.05, 0) is 19.3 Å². The summed E-state index contributed by atoms with van der Waals surface area (Å²) in [6, 6.07) is 0. The number of hydrogen-bond donors (Lipinski definition) is 2. The van der Waals surface area contributed by atoms with E-state index >= 15 is 0 Å². The Balaban J connectivity index is 2.63. The van der Waals surface area contributed by atoms with E-state index in [0.29, 0.717) is 12.5 Å². The van der Waals surface area contributed by atoms with Crippen LogP contribution in [0.3, 0.4) is 0 Å². The number of rotatable bonds is 9. The number of sulfonamides is 1. The molecule has 120 valence electrons. The van der Waals surface area contributed by atoms with Crippen LogP contribution < -0.4 is 4.72 Å². The smallest absolute Gasteiger partial charge is 0.342 e. The Labute approximate surface area is 125 Å². The van der Waals surface area contributed by atoms with Crippen molar-refractivity contribution in [3.8, 4) is 0 Å². The first-order chi connectivity index (χ1) is 9.88. The van der Waals surface area contributed by atoms with E-state index in [-0.39, 0.29) is 17.2 Å². The monoisotopic (exact) mass is 317 g/mol. The van der Waals surface area contributed by atoms with Crippen molar-refractivity contribution < 1.29 is 17.9 Å². The molecule has 0 spiro atoms. The molecule has 21 heavy (non-hydrogen) atoms. The first kappa shape index (κ1) is 17.6. The van der Waals surface area contributed by atoms with Crippen LogP contribution in [0.4, 0.5) is 0 Å². The van der Waals surface area contributed by atoms with Crippen molar-refractivity contribution in [3.05, 3.63) is 11.8 Å². The van der Waals surface area contributed by atoms with Gasteiger partial charge in [-0.25, -0.2) is 17.9 Å². The van der Waals surface area contributed by atoms with E-state index in [4.69, 9.17) is 4.74 Å². The lowest BCUT2D eigenvalue weighted by Gasteiger charge is -2.07. The third kappa shape index (κ3) is 5.47. The predicted molar refractivity (Wildman–Crippen MR) is 78.4 cm³/mol. The van der Waals surface area contributed by atoms with Gasteiger partial charge in [-0.15, -0.1) is 0 Å². The van der Waals surface area contributed by atoms with Crippen LogP contribution in [0, 0.1) is 5.92 Å². The molecule has 0 aliphatic carbocycles. The summed E-state index contributed by atoms with van der Waals surface area (Å²) < 4.78 is 31.5. The lowest BCUT2D eigenvalue weighted by Crippen LogP contribution is -2.27. The van der Waals surface area contributed by atoms with Crippen molar-refractivity contribution in [2.75, 3.05) is 13.2 Å². The number of aromatic amines is 1. The minimum atomic E-state index is -3.78. The van der Waals surface area contributed by atoms with Gasteiger partial charge in [-0.2, -0.15) is 5.10 Å². The number of unbranched alkanes of at least 4 members (excludes halogenated alkanes) is 1. The number of nitrogens with one attached hydrogen (secondary N) is 2. The molecule has 0 atom stereocenters. The van der Waals surface area contributed by atoms with Gasteiger partial charge in [0.05, 0.1) is 12.8 Å². The van der Waals surface area contributed by atoms with Crippen LogP contribution >= 0.6 is 0 Å². The minimum absolute atomic E-state index is 0.0773. The Bertz CT molecular complexity index is 552. The van der Waals surface area contributed by atoms with Crippen LogP contribution in [0.5, 0.6) is 0 Å². The van der Waals surface area contributed by atoms with Crippen molar-refractivity contribution >= 4 is 16.0 Å². The zero-order chi connectivity index (χ0) is 15.9. The average Bonchev–Trinajstić information content (AvgIpc) is 2.88. The number of nitrogens with zero attached hydrogens (tertiary/aromatic N) is 1. The van der Waals surface area contributed by atoms with Gasteiger partial charge < -0.3 is 4.74 Å². The lowest BCUT2D eigenvalue weighted by molar-refractivity contribution is 0.0522. The molecule has 1 aromatic heterocycles. The van der Waals surface area contributed by atoms with E-state index in [2.05, 4.69) is 28.8 Å². The molecule has 1 aromatic rings. The fraction of sp³-hybridized carbons (Fsp3) is 0.692. The molecule has 0 radical (unpaired) electrons. The highest BCUT2D eigenvalue weighted by molar-refractivity contribution is 7.89.